The fourth-order valence-electron chi connectivity index (χ4n) is 12.0. The number of benzene rings is 9. The van der Waals surface area contributed by atoms with Gasteiger partial charge in [-0.3, -0.25) is 0 Å². The highest BCUT2D eigenvalue weighted by Crippen LogP contribution is 2.49. The van der Waals surface area contributed by atoms with Gasteiger partial charge in [0.1, 0.15) is 33.5 Å². The van der Waals surface area contributed by atoms with Gasteiger partial charge in [-0.25, -0.2) is 0 Å². The zero-order valence-corrected chi connectivity index (χ0v) is 37.3. The highest BCUT2D eigenvalue weighted by Gasteiger charge is 2.32. The van der Waals surface area contributed by atoms with Gasteiger partial charge < -0.3 is 27.0 Å². The van der Waals surface area contributed by atoms with Crippen molar-refractivity contribution in [1.29, 1.82) is 5.26 Å². The monoisotopic (exact) mass is 886 g/mol. The highest BCUT2D eigenvalue weighted by atomic mass is 16.3. The predicted octanol–water partition coefficient (Wildman–Crippen LogP) is 17.3. The summed E-state index contributed by atoms with van der Waals surface area (Å²) in [6.07, 6.45) is 0.588. The summed E-state index contributed by atoms with van der Waals surface area (Å²) in [7, 11) is 0. The Labute approximate surface area is 392 Å². The minimum atomic E-state index is -0.484. The summed E-state index contributed by atoms with van der Waals surface area (Å²) in [5.41, 5.74) is 12.6. The molecule has 0 bridgehead atoms. The molecule has 0 radical (unpaired) electrons. The fraction of sp³-hybridized carbons (Fsp3) is 0.0484. The molecule has 15 aromatic rings. The lowest BCUT2D eigenvalue weighted by Gasteiger charge is -2.26. The first-order valence-corrected chi connectivity index (χ1v) is 23.4. The van der Waals surface area contributed by atoms with E-state index < -0.39 is 6.04 Å². The van der Waals surface area contributed by atoms with Gasteiger partial charge in [-0.15, -0.1) is 0 Å². The molecule has 0 saturated heterocycles. The van der Waals surface area contributed by atoms with Gasteiger partial charge in [0.25, 0.3) is 0 Å². The van der Waals surface area contributed by atoms with E-state index in [-0.39, 0.29) is 0 Å². The van der Waals surface area contributed by atoms with Crippen LogP contribution in [0, 0.1) is 11.3 Å². The largest absolute Gasteiger partial charge is 0.456 e. The van der Waals surface area contributed by atoms with Gasteiger partial charge in [0.2, 0.25) is 0 Å². The molecule has 0 saturated carbocycles. The molecule has 7 nitrogen and oxygen atoms in total. The van der Waals surface area contributed by atoms with Crippen molar-refractivity contribution in [2.45, 2.75) is 19.4 Å². The zero-order valence-electron chi connectivity index (χ0n) is 37.3. The van der Waals surface area contributed by atoms with E-state index in [1.165, 1.54) is 0 Å². The molecular formula is C62H38N4O3. The van der Waals surface area contributed by atoms with Gasteiger partial charge >= 0.3 is 0 Å². The Morgan fingerprint density at radius 2 is 0.812 bits per heavy atom. The third-order valence-corrected chi connectivity index (χ3v) is 14.7. The average Bonchev–Trinajstić information content (AvgIpc) is 4.25. The maximum absolute atomic E-state index is 12.4. The van der Waals surface area contributed by atoms with Crippen molar-refractivity contribution < 1.29 is 13.3 Å². The van der Waals surface area contributed by atoms with Crippen LogP contribution in [0.3, 0.4) is 0 Å². The Kier molecular flexibility index (Phi) is 7.64. The van der Waals surface area contributed by atoms with Gasteiger partial charge in [0.05, 0.1) is 72.8 Å². The van der Waals surface area contributed by atoms with Crippen LogP contribution in [0.1, 0.15) is 19.4 Å². The number of rotatable bonds is 6. The van der Waals surface area contributed by atoms with Crippen LogP contribution in [0.15, 0.2) is 207 Å². The molecule has 0 N–H and O–H groups in total. The van der Waals surface area contributed by atoms with Crippen LogP contribution in [0.25, 0.3) is 143 Å². The first-order chi connectivity index (χ1) is 34.1. The first-order valence-electron chi connectivity index (χ1n) is 23.4. The number of nitriles is 1. The zero-order chi connectivity index (χ0) is 45.6. The quantitative estimate of drug-likeness (QED) is 0.123. The van der Waals surface area contributed by atoms with Crippen LogP contribution in [0.5, 0.6) is 0 Å². The lowest BCUT2D eigenvalue weighted by Crippen LogP contribution is -2.16. The Morgan fingerprint density at radius 1 is 0.435 bits per heavy atom. The molecular weight excluding hydrogens is 849 g/mol. The van der Waals surface area contributed by atoms with E-state index in [0.717, 1.165) is 131 Å². The van der Waals surface area contributed by atoms with Crippen LogP contribution >= 0.6 is 0 Å². The lowest BCUT2D eigenvalue weighted by molar-refractivity contribution is 0.603. The number of aromatic nitrogens is 3. The number of hydrogen-bond acceptors (Lipinski definition) is 4. The Hall–Kier alpha value is -9.25. The molecule has 6 heterocycles. The number of nitrogens with zero attached hydrogens (tertiary/aromatic N) is 4. The molecule has 1 unspecified atom stereocenters. The Balaban J connectivity index is 1.16. The van der Waals surface area contributed by atoms with Crippen molar-refractivity contribution in [3.05, 3.63) is 194 Å². The molecule has 69 heavy (non-hydrogen) atoms. The summed E-state index contributed by atoms with van der Waals surface area (Å²) in [6, 6.07) is 65.5. The summed E-state index contributed by atoms with van der Waals surface area (Å²) < 4.78 is 26.9. The molecule has 0 fully saturated rings. The molecule has 15 rings (SSSR count). The number of furan rings is 3. The van der Waals surface area contributed by atoms with Gasteiger partial charge in [-0.2, -0.15) is 5.26 Å². The second-order valence-corrected chi connectivity index (χ2v) is 18.1. The van der Waals surface area contributed by atoms with E-state index in [2.05, 4.69) is 172 Å². The van der Waals surface area contributed by atoms with Gasteiger partial charge in [-0.1, -0.05) is 123 Å². The van der Waals surface area contributed by atoms with Crippen molar-refractivity contribution in [1.82, 2.24) is 13.7 Å². The van der Waals surface area contributed by atoms with E-state index in [1.807, 2.05) is 36.4 Å². The topological polar surface area (TPSA) is 78.0 Å². The molecule has 0 amide bonds. The number of para-hydroxylation sites is 6. The van der Waals surface area contributed by atoms with Crippen LogP contribution in [-0.2, 0) is 0 Å². The van der Waals surface area contributed by atoms with E-state index in [1.54, 1.807) is 0 Å². The standard InChI is InChI=1S/C62H38N4O3/c1-3-46(65-48-23-11-5-17-37(48)40-29-32-54-57(61(40)65)43-20-8-14-26-51(43)68-54)45(34-63)59(66-49-24-12-6-18-38(49)41-30-33-55-58(62(41)66)44-21-9-15-27-52(44)69-55)35(2)64-47-22-10-4-16-36(47)39-28-31-53-56(60(39)64)42-19-7-13-25-50(42)67-53/h4-33,46H,2-3H2,1H3/b59-45+. The van der Waals surface area contributed by atoms with E-state index >= 15 is 0 Å². The van der Waals surface area contributed by atoms with Gasteiger partial charge in [0, 0.05) is 54.0 Å². The molecule has 0 aliphatic rings. The predicted molar refractivity (Wildman–Crippen MR) is 284 cm³/mol. The molecule has 0 aliphatic heterocycles. The first kappa shape index (κ1) is 37.9. The van der Waals surface area contributed by atoms with E-state index in [0.29, 0.717) is 23.4 Å². The summed E-state index contributed by atoms with van der Waals surface area (Å²) in [5.74, 6) is 0. The van der Waals surface area contributed by atoms with Crippen molar-refractivity contribution in [3.63, 3.8) is 0 Å². The van der Waals surface area contributed by atoms with Crippen molar-refractivity contribution in [2.24, 2.45) is 0 Å². The number of hydrogen-bond donors (Lipinski definition) is 0. The van der Waals surface area contributed by atoms with E-state index in [9.17, 15) is 5.26 Å². The van der Waals surface area contributed by atoms with Crippen LogP contribution in [0.2, 0.25) is 0 Å². The van der Waals surface area contributed by atoms with Crippen molar-refractivity contribution in [3.8, 4) is 6.07 Å². The fourth-order valence-corrected chi connectivity index (χ4v) is 12.0. The van der Waals surface area contributed by atoms with Crippen molar-refractivity contribution in [2.75, 3.05) is 0 Å². The molecule has 9 aromatic carbocycles. The Bertz CT molecular complexity index is 4820. The molecule has 324 valence electrons. The normalized spacial score (nSPS) is 13.3. The Morgan fingerprint density at radius 3 is 1.29 bits per heavy atom. The summed E-state index contributed by atoms with van der Waals surface area (Å²) in [4.78, 5) is 0. The lowest BCUT2D eigenvalue weighted by atomic mass is 9.99. The average molecular weight is 887 g/mol. The summed E-state index contributed by atoms with van der Waals surface area (Å²) >= 11 is 0. The van der Waals surface area contributed by atoms with Crippen molar-refractivity contribution >= 4 is 143 Å². The maximum atomic E-state index is 12.4. The van der Waals surface area contributed by atoms with E-state index in [4.69, 9.17) is 19.8 Å². The SMILES string of the molecule is C=C(/C(=C(/C#N)C(CC)n1c2ccccc2c2ccc3oc4ccccc4c3c21)n1c2ccccc2c2ccc3oc4ccccc4c3c21)n1c2ccccc2c2ccc3oc4ccccc4c3c21. The summed E-state index contributed by atoms with van der Waals surface area (Å²) in [6.45, 7) is 7.38. The van der Waals surface area contributed by atoms with Crippen LogP contribution in [-0.4, -0.2) is 13.7 Å². The molecule has 6 aromatic heterocycles. The highest BCUT2D eigenvalue weighted by molar-refractivity contribution is 6.29. The number of allylic oxidation sites excluding steroid dienone is 3. The third kappa shape index (κ3) is 4.94. The molecule has 0 aliphatic carbocycles. The second-order valence-electron chi connectivity index (χ2n) is 18.1. The molecule has 7 heteroatoms. The molecule has 1 atom stereocenters. The van der Waals surface area contributed by atoms with Crippen LogP contribution < -0.4 is 0 Å². The second kappa shape index (κ2) is 13.9. The minimum Gasteiger partial charge on any atom is -0.456 e. The van der Waals surface area contributed by atoms with Gasteiger partial charge in [-0.05, 0) is 79.2 Å². The third-order valence-electron chi connectivity index (χ3n) is 14.7. The number of fused-ring (bicyclic) bond motifs is 21. The van der Waals surface area contributed by atoms with Crippen LogP contribution in [0.4, 0.5) is 0 Å². The summed E-state index contributed by atoms with van der Waals surface area (Å²) in [5, 5.41) is 24.9. The maximum Gasteiger partial charge on any atom is 0.137 e. The smallest absolute Gasteiger partial charge is 0.137 e. The molecule has 0 spiro atoms. The minimum absolute atomic E-state index is 0.484. The van der Waals surface area contributed by atoms with Gasteiger partial charge in [0.15, 0.2) is 0 Å².